The van der Waals surface area contributed by atoms with Crippen molar-refractivity contribution in [3.63, 3.8) is 0 Å². The molecule has 1 aliphatic heterocycles. The molecule has 2 fully saturated rings. The number of hydrogen-bond donors (Lipinski definition) is 2. The van der Waals surface area contributed by atoms with Crippen LogP contribution >= 0.6 is 0 Å². The van der Waals surface area contributed by atoms with Crippen molar-refractivity contribution in [3.05, 3.63) is 17.5 Å². The van der Waals surface area contributed by atoms with Crippen molar-refractivity contribution in [1.29, 1.82) is 0 Å². The SMILES string of the molecule is Cc1cc(C(=O)N[C@@H]2CC[C@@H](N3CCOCC3)[C@@H]2O)on1. The fourth-order valence-electron chi connectivity index (χ4n) is 3.14. The molecule has 0 aromatic carbocycles. The molecule has 1 saturated heterocycles. The molecular formula is C14H21N3O4. The standard InChI is InChI=1S/C14H21N3O4/c1-9-8-12(21-16-9)14(19)15-10-2-3-11(13(10)18)17-4-6-20-7-5-17/h8,10-11,13,18H,2-7H2,1H3,(H,15,19)/t10-,11-,13-/m1/s1. The highest BCUT2D eigenvalue weighted by molar-refractivity contribution is 5.91. The van der Waals surface area contributed by atoms with Gasteiger partial charge in [0.05, 0.1) is 31.1 Å². The Morgan fingerprint density at radius 3 is 2.86 bits per heavy atom. The van der Waals surface area contributed by atoms with Gasteiger partial charge in [-0.25, -0.2) is 0 Å². The summed E-state index contributed by atoms with van der Waals surface area (Å²) in [6.07, 6.45) is 1.08. The molecule has 1 aromatic rings. The molecule has 7 nitrogen and oxygen atoms in total. The molecule has 1 saturated carbocycles. The van der Waals surface area contributed by atoms with Crippen LogP contribution in [0.2, 0.25) is 0 Å². The number of aromatic nitrogens is 1. The zero-order valence-corrected chi connectivity index (χ0v) is 12.1. The lowest BCUT2D eigenvalue weighted by Gasteiger charge is -2.34. The van der Waals surface area contributed by atoms with Crippen LogP contribution < -0.4 is 5.32 Å². The van der Waals surface area contributed by atoms with E-state index in [9.17, 15) is 9.90 Å². The van der Waals surface area contributed by atoms with Gasteiger partial charge >= 0.3 is 0 Å². The molecule has 3 rings (SSSR count). The Morgan fingerprint density at radius 1 is 1.43 bits per heavy atom. The van der Waals surface area contributed by atoms with Crippen molar-refractivity contribution in [2.45, 2.75) is 38.0 Å². The number of nitrogens with one attached hydrogen (secondary N) is 1. The lowest BCUT2D eigenvalue weighted by atomic mass is 10.1. The third-order valence-corrected chi connectivity index (χ3v) is 4.26. The third-order valence-electron chi connectivity index (χ3n) is 4.26. The Labute approximate surface area is 123 Å². The molecule has 0 radical (unpaired) electrons. The first kappa shape index (κ1) is 14.5. The first-order valence-corrected chi connectivity index (χ1v) is 7.39. The molecule has 1 amide bonds. The molecule has 0 spiro atoms. The Kier molecular flexibility index (Phi) is 4.23. The maximum Gasteiger partial charge on any atom is 0.290 e. The topological polar surface area (TPSA) is 87.8 Å². The number of rotatable bonds is 3. The zero-order valence-electron chi connectivity index (χ0n) is 12.1. The summed E-state index contributed by atoms with van der Waals surface area (Å²) in [4.78, 5) is 14.3. The van der Waals surface area contributed by atoms with E-state index in [-0.39, 0.29) is 23.8 Å². The van der Waals surface area contributed by atoms with E-state index >= 15 is 0 Å². The van der Waals surface area contributed by atoms with Crippen LogP contribution in [0.5, 0.6) is 0 Å². The van der Waals surface area contributed by atoms with Gasteiger partial charge in [-0.3, -0.25) is 9.69 Å². The van der Waals surface area contributed by atoms with Gasteiger partial charge in [-0.15, -0.1) is 0 Å². The molecule has 7 heteroatoms. The summed E-state index contributed by atoms with van der Waals surface area (Å²) in [6, 6.07) is 1.45. The highest BCUT2D eigenvalue weighted by Crippen LogP contribution is 2.26. The minimum Gasteiger partial charge on any atom is -0.389 e. The second-order valence-electron chi connectivity index (χ2n) is 5.70. The molecule has 0 unspecified atom stereocenters. The van der Waals surface area contributed by atoms with Crippen LogP contribution in [0.15, 0.2) is 10.6 Å². The summed E-state index contributed by atoms with van der Waals surface area (Å²) in [5.74, 6) is -0.128. The van der Waals surface area contributed by atoms with Crippen molar-refractivity contribution in [3.8, 4) is 0 Å². The van der Waals surface area contributed by atoms with Crippen LogP contribution in [-0.2, 0) is 4.74 Å². The molecule has 21 heavy (non-hydrogen) atoms. The third kappa shape index (κ3) is 3.09. The Bertz CT molecular complexity index is 498. The molecule has 2 heterocycles. The zero-order chi connectivity index (χ0) is 14.8. The van der Waals surface area contributed by atoms with Gasteiger partial charge in [-0.05, 0) is 19.8 Å². The van der Waals surface area contributed by atoms with Crippen molar-refractivity contribution in [2.75, 3.05) is 26.3 Å². The van der Waals surface area contributed by atoms with Crippen molar-refractivity contribution in [2.24, 2.45) is 0 Å². The van der Waals surface area contributed by atoms with Gasteiger partial charge in [-0.2, -0.15) is 0 Å². The Balaban J connectivity index is 1.58. The predicted molar refractivity (Wildman–Crippen MR) is 73.9 cm³/mol. The highest BCUT2D eigenvalue weighted by atomic mass is 16.5. The first-order chi connectivity index (χ1) is 10.1. The lowest BCUT2D eigenvalue weighted by molar-refractivity contribution is -0.0155. The molecule has 2 N–H and O–H groups in total. The van der Waals surface area contributed by atoms with Crippen LogP contribution in [0.4, 0.5) is 0 Å². The van der Waals surface area contributed by atoms with Crippen LogP contribution in [0.3, 0.4) is 0 Å². The minimum absolute atomic E-state index is 0.0932. The van der Waals surface area contributed by atoms with Gasteiger partial charge in [0.25, 0.3) is 5.91 Å². The number of carbonyl (C=O) groups excluding carboxylic acids is 1. The van der Waals surface area contributed by atoms with E-state index < -0.39 is 6.10 Å². The van der Waals surface area contributed by atoms with E-state index in [2.05, 4.69) is 15.4 Å². The van der Waals surface area contributed by atoms with E-state index in [0.717, 1.165) is 25.9 Å². The monoisotopic (exact) mass is 295 g/mol. The van der Waals surface area contributed by atoms with Gasteiger partial charge in [0, 0.05) is 25.2 Å². The average Bonchev–Trinajstić information content (AvgIpc) is 3.07. The quantitative estimate of drug-likeness (QED) is 0.812. The van der Waals surface area contributed by atoms with E-state index in [1.54, 1.807) is 13.0 Å². The smallest absolute Gasteiger partial charge is 0.290 e. The molecular weight excluding hydrogens is 274 g/mol. The number of nitrogens with zero attached hydrogens (tertiary/aromatic N) is 2. The Morgan fingerprint density at radius 2 is 2.19 bits per heavy atom. The number of amides is 1. The van der Waals surface area contributed by atoms with Crippen LogP contribution in [0.25, 0.3) is 0 Å². The molecule has 1 aromatic heterocycles. The molecule has 116 valence electrons. The lowest BCUT2D eigenvalue weighted by Crippen LogP contribution is -2.51. The van der Waals surface area contributed by atoms with Gasteiger partial charge in [0.15, 0.2) is 0 Å². The maximum absolute atomic E-state index is 12.1. The first-order valence-electron chi connectivity index (χ1n) is 7.39. The number of aliphatic hydroxyl groups is 1. The number of morpholine rings is 1. The highest BCUT2D eigenvalue weighted by Gasteiger charge is 2.39. The maximum atomic E-state index is 12.1. The van der Waals surface area contributed by atoms with Gasteiger partial charge in [0.2, 0.25) is 5.76 Å². The number of aryl methyl sites for hydroxylation is 1. The van der Waals surface area contributed by atoms with Gasteiger partial charge in [0.1, 0.15) is 0 Å². The fourth-order valence-corrected chi connectivity index (χ4v) is 3.14. The number of aliphatic hydroxyl groups excluding tert-OH is 1. The van der Waals surface area contributed by atoms with Crippen LogP contribution in [0.1, 0.15) is 29.1 Å². The Hall–Kier alpha value is -1.44. The molecule has 1 aliphatic carbocycles. The van der Waals surface area contributed by atoms with E-state index in [4.69, 9.17) is 9.26 Å². The average molecular weight is 295 g/mol. The summed E-state index contributed by atoms with van der Waals surface area (Å²) in [5.41, 5.74) is 0.665. The summed E-state index contributed by atoms with van der Waals surface area (Å²) in [5, 5.41) is 17.0. The number of ether oxygens (including phenoxy) is 1. The summed E-state index contributed by atoms with van der Waals surface area (Å²) >= 11 is 0. The second-order valence-corrected chi connectivity index (χ2v) is 5.70. The predicted octanol–water partition coefficient (Wildman–Crippen LogP) is -0.0631. The van der Waals surface area contributed by atoms with Crippen molar-refractivity contribution in [1.82, 2.24) is 15.4 Å². The molecule has 0 bridgehead atoms. The summed E-state index contributed by atoms with van der Waals surface area (Å²) in [7, 11) is 0. The summed E-state index contributed by atoms with van der Waals surface area (Å²) in [6.45, 7) is 4.85. The fraction of sp³-hybridized carbons (Fsp3) is 0.714. The minimum atomic E-state index is -0.559. The molecule has 3 atom stereocenters. The van der Waals surface area contributed by atoms with Gasteiger partial charge in [-0.1, -0.05) is 5.16 Å². The van der Waals surface area contributed by atoms with E-state index in [1.807, 2.05) is 0 Å². The largest absolute Gasteiger partial charge is 0.389 e. The number of hydrogen-bond acceptors (Lipinski definition) is 6. The van der Waals surface area contributed by atoms with Crippen LogP contribution in [-0.4, -0.2) is 65.6 Å². The summed E-state index contributed by atoms with van der Waals surface area (Å²) < 4.78 is 10.3. The van der Waals surface area contributed by atoms with Crippen molar-refractivity contribution < 1.29 is 19.2 Å². The second kappa shape index (κ2) is 6.13. The van der Waals surface area contributed by atoms with E-state index in [1.165, 1.54) is 0 Å². The van der Waals surface area contributed by atoms with E-state index in [0.29, 0.717) is 18.9 Å². The van der Waals surface area contributed by atoms with Gasteiger partial charge < -0.3 is 19.7 Å². The molecule has 2 aliphatic rings. The number of carbonyl (C=O) groups is 1. The normalized spacial score (nSPS) is 30.5. The van der Waals surface area contributed by atoms with Crippen LogP contribution in [0, 0.1) is 6.92 Å². The van der Waals surface area contributed by atoms with Crippen molar-refractivity contribution >= 4 is 5.91 Å².